The molecule has 2 N–H and O–H groups in total. The third kappa shape index (κ3) is 2.41. The number of anilines is 1. The molecule has 19 heavy (non-hydrogen) atoms. The van der Waals surface area contributed by atoms with Crippen LogP contribution in [0.3, 0.4) is 0 Å². The van der Waals surface area contributed by atoms with Crippen LogP contribution in [-0.4, -0.2) is 34.4 Å². The van der Waals surface area contributed by atoms with Crippen molar-refractivity contribution in [3.05, 3.63) is 18.1 Å². The second-order valence-electron chi connectivity index (χ2n) is 5.95. The topological polar surface area (TPSA) is 72.1 Å². The molecule has 3 rings (SSSR count). The standard InChI is InChI=1S/C14H20N4O/c1-18(8-11-5-9-2-3-10(11)4-9)14(19)12-6-17-13(15)7-16-12/h6-7,9-11H,2-5,8H2,1H3,(H2,15,17). The van der Waals surface area contributed by atoms with Gasteiger partial charge in [-0.3, -0.25) is 4.79 Å². The van der Waals surface area contributed by atoms with Gasteiger partial charge in [-0.05, 0) is 37.0 Å². The quantitative estimate of drug-likeness (QED) is 0.895. The van der Waals surface area contributed by atoms with Gasteiger partial charge in [0.05, 0.1) is 12.4 Å². The molecule has 2 fully saturated rings. The first-order valence-corrected chi connectivity index (χ1v) is 6.96. The first-order valence-electron chi connectivity index (χ1n) is 6.96. The maximum atomic E-state index is 12.2. The lowest BCUT2D eigenvalue weighted by atomic mass is 9.88. The van der Waals surface area contributed by atoms with Crippen LogP contribution in [0.25, 0.3) is 0 Å². The molecule has 2 aliphatic rings. The van der Waals surface area contributed by atoms with Crippen molar-refractivity contribution in [3.8, 4) is 0 Å². The molecule has 0 radical (unpaired) electrons. The summed E-state index contributed by atoms with van der Waals surface area (Å²) in [5.74, 6) is 2.70. The van der Waals surface area contributed by atoms with Crippen LogP contribution in [0, 0.1) is 17.8 Å². The Morgan fingerprint density at radius 3 is 2.79 bits per heavy atom. The second-order valence-corrected chi connectivity index (χ2v) is 5.95. The first kappa shape index (κ1) is 12.4. The highest BCUT2D eigenvalue weighted by Gasteiger charge is 2.40. The predicted octanol–water partition coefficient (Wildman–Crippen LogP) is 1.57. The molecule has 0 saturated heterocycles. The average molecular weight is 260 g/mol. The Balaban J connectivity index is 1.62. The van der Waals surface area contributed by atoms with E-state index >= 15 is 0 Å². The average Bonchev–Trinajstić information content (AvgIpc) is 3.01. The lowest BCUT2D eigenvalue weighted by Gasteiger charge is -2.27. The van der Waals surface area contributed by atoms with Gasteiger partial charge in [0.1, 0.15) is 11.5 Å². The van der Waals surface area contributed by atoms with Gasteiger partial charge in [0.15, 0.2) is 0 Å². The molecule has 2 bridgehead atoms. The van der Waals surface area contributed by atoms with Crippen molar-refractivity contribution >= 4 is 11.7 Å². The Morgan fingerprint density at radius 1 is 1.37 bits per heavy atom. The fourth-order valence-electron chi connectivity index (χ4n) is 3.68. The summed E-state index contributed by atoms with van der Waals surface area (Å²) in [6, 6.07) is 0. The number of nitrogen functional groups attached to an aromatic ring is 1. The number of aromatic nitrogens is 2. The third-order valence-electron chi connectivity index (χ3n) is 4.63. The van der Waals surface area contributed by atoms with Gasteiger partial charge in [-0.25, -0.2) is 9.97 Å². The van der Waals surface area contributed by atoms with E-state index in [-0.39, 0.29) is 5.91 Å². The van der Waals surface area contributed by atoms with Gasteiger partial charge in [-0.1, -0.05) is 6.42 Å². The van der Waals surface area contributed by atoms with E-state index in [0.29, 0.717) is 17.4 Å². The van der Waals surface area contributed by atoms with Crippen LogP contribution in [0.1, 0.15) is 36.2 Å². The smallest absolute Gasteiger partial charge is 0.273 e. The molecule has 5 nitrogen and oxygen atoms in total. The lowest BCUT2D eigenvalue weighted by molar-refractivity contribution is 0.0748. The monoisotopic (exact) mass is 260 g/mol. The molecule has 0 aromatic carbocycles. The zero-order chi connectivity index (χ0) is 13.4. The molecule has 0 aliphatic heterocycles. The van der Waals surface area contributed by atoms with Crippen molar-refractivity contribution in [2.24, 2.45) is 17.8 Å². The molecule has 1 heterocycles. The molecule has 1 amide bonds. The van der Waals surface area contributed by atoms with Crippen LogP contribution in [0.15, 0.2) is 12.4 Å². The SMILES string of the molecule is CN(CC1CC2CCC1C2)C(=O)c1cnc(N)cn1. The van der Waals surface area contributed by atoms with Gasteiger partial charge in [-0.2, -0.15) is 0 Å². The largest absolute Gasteiger partial charge is 0.382 e. The minimum atomic E-state index is -0.0599. The molecule has 1 aromatic heterocycles. The zero-order valence-electron chi connectivity index (χ0n) is 11.2. The summed E-state index contributed by atoms with van der Waals surface area (Å²) in [5.41, 5.74) is 5.85. The number of fused-ring (bicyclic) bond motifs is 2. The highest BCUT2D eigenvalue weighted by molar-refractivity contribution is 5.91. The minimum Gasteiger partial charge on any atom is -0.382 e. The Hall–Kier alpha value is -1.65. The summed E-state index contributed by atoms with van der Waals surface area (Å²) in [7, 11) is 1.85. The van der Waals surface area contributed by atoms with Crippen LogP contribution in [0.2, 0.25) is 0 Å². The predicted molar refractivity (Wildman–Crippen MR) is 72.3 cm³/mol. The number of hydrogen-bond acceptors (Lipinski definition) is 4. The van der Waals surface area contributed by atoms with E-state index in [1.54, 1.807) is 4.90 Å². The van der Waals surface area contributed by atoms with Gasteiger partial charge >= 0.3 is 0 Å². The zero-order valence-corrected chi connectivity index (χ0v) is 11.2. The number of carbonyl (C=O) groups excluding carboxylic acids is 1. The Kier molecular flexibility index (Phi) is 3.12. The van der Waals surface area contributed by atoms with Gasteiger partial charge in [0.2, 0.25) is 0 Å². The number of rotatable bonds is 3. The van der Waals surface area contributed by atoms with Crippen molar-refractivity contribution < 1.29 is 4.79 Å². The molecule has 102 valence electrons. The molecule has 3 unspecified atom stereocenters. The summed E-state index contributed by atoms with van der Waals surface area (Å²) < 4.78 is 0. The normalized spacial score (nSPS) is 28.6. The number of nitrogens with zero attached hydrogens (tertiary/aromatic N) is 3. The number of nitrogens with two attached hydrogens (primary N) is 1. The summed E-state index contributed by atoms with van der Waals surface area (Å²) in [4.78, 5) is 22.0. The van der Waals surface area contributed by atoms with Crippen molar-refractivity contribution in [1.29, 1.82) is 0 Å². The highest BCUT2D eigenvalue weighted by atomic mass is 16.2. The summed E-state index contributed by atoms with van der Waals surface area (Å²) in [6.07, 6.45) is 8.28. The molecule has 2 aliphatic carbocycles. The van der Waals surface area contributed by atoms with Crippen LogP contribution in [0.5, 0.6) is 0 Å². The van der Waals surface area contributed by atoms with E-state index in [0.717, 1.165) is 18.4 Å². The summed E-state index contributed by atoms with van der Waals surface area (Å²) in [5, 5.41) is 0. The highest BCUT2D eigenvalue weighted by Crippen LogP contribution is 2.48. The molecular weight excluding hydrogens is 240 g/mol. The van der Waals surface area contributed by atoms with Gasteiger partial charge in [0, 0.05) is 13.6 Å². The first-order chi connectivity index (χ1) is 9.13. The molecule has 3 atom stereocenters. The number of hydrogen-bond donors (Lipinski definition) is 1. The van der Waals surface area contributed by atoms with E-state index in [4.69, 9.17) is 5.73 Å². The minimum absolute atomic E-state index is 0.0599. The van der Waals surface area contributed by atoms with Crippen molar-refractivity contribution in [1.82, 2.24) is 14.9 Å². The summed E-state index contributed by atoms with van der Waals surface area (Å²) >= 11 is 0. The van der Waals surface area contributed by atoms with Crippen molar-refractivity contribution in [2.75, 3.05) is 19.3 Å². The van der Waals surface area contributed by atoms with Gasteiger partial charge < -0.3 is 10.6 Å². The van der Waals surface area contributed by atoms with Gasteiger partial charge in [0.25, 0.3) is 5.91 Å². The molecule has 2 saturated carbocycles. The maximum Gasteiger partial charge on any atom is 0.273 e. The number of amides is 1. The molecule has 5 heteroatoms. The Labute approximate surface area is 113 Å². The molecule has 0 spiro atoms. The van der Waals surface area contributed by atoms with E-state index in [9.17, 15) is 4.79 Å². The van der Waals surface area contributed by atoms with Crippen LogP contribution in [-0.2, 0) is 0 Å². The van der Waals surface area contributed by atoms with Gasteiger partial charge in [-0.15, -0.1) is 0 Å². The van der Waals surface area contributed by atoms with E-state index in [1.807, 2.05) is 7.05 Å². The molecule has 1 aromatic rings. The summed E-state index contributed by atoms with van der Waals surface area (Å²) in [6.45, 7) is 0.839. The van der Waals surface area contributed by atoms with E-state index in [1.165, 1.54) is 38.1 Å². The Morgan fingerprint density at radius 2 is 2.21 bits per heavy atom. The third-order valence-corrected chi connectivity index (χ3v) is 4.63. The second kappa shape index (κ2) is 4.79. The Bertz CT molecular complexity index is 473. The lowest BCUT2D eigenvalue weighted by Crippen LogP contribution is -2.34. The fraction of sp³-hybridized carbons (Fsp3) is 0.643. The molecular formula is C14H20N4O. The number of carbonyl (C=O) groups is 1. The van der Waals surface area contributed by atoms with Crippen LogP contribution >= 0.6 is 0 Å². The maximum absolute atomic E-state index is 12.2. The van der Waals surface area contributed by atoms with Crippen molar-refractivity contribution in [2.45, 2.75) is 25.7 Å². The van der Waals surface area contributed by atoms with E-state index in [2.05, 4.69) is 9.97 Å². The van der Waals surface area contributed by atoms with E-state index < -0.39 is 0 Å². The van der Waals surface area contributed by atoms with Crippen LogP contribution in [0.4, 0.5) is 5.82 Å². The van der Waals surface area contributed by atoms with Crippen molar-refractivity contribution in [3.63, 3.8) is 0 Å². The fourth-order valence-corrected chi connectivity index (χ4v) is 3.68. The van der Waals surface area contributed by atoms with Crippen LogP contribution < -0.4 is 5.73 Å².